The monoisotopic (exact) mass is 336 g/mol. The Balaban J connectivity index is 4.39. The first-order valence-electron chi connectivity index (χ1n) is 6.64. The van der Waals surface area contributed by atoms with Gasteiger partial charge in [0.25, 0.3) is 0 Å². The lowest BCUT2D eigenvalue weighted by Gasteiger charge is -2.19. The summed E-state index contributed by atoms with van der Waals surface area (Å²) in [5, 5.41) is 15.7. The highest BCUT2D eigenvalue weighted by atomic mass is 35.5. The van der Waals surface area contributed by atoms with Crippen LogP contribution in [0.4, 0.5) is 0 Å². The van der Waals surface area contributed by atoms with Crippen LogP contribution in [0.2, 0.25) is 0 Å². The normalized spacial score (nSPS) is 12.9. The lowest BCUT2D eigenvalue weighted by Crippen LogP contribution is -2.52. The maximum Gasteiger partial charge on any atom is 0.242 e. The minimum absolute atomic E-state index is 0.00844. The van der Waals surface area contributed by atoms with Gasteiger partial charge in [0.05, 0.1) is 6.61 Å². The van der Waals surface area contributed by atoms with E-state index in [0.717, 1.165) is 0 Å². The van der Waals surface area contributed by atoms with Gasteiger partial charge in [0.15, 0.2) is 0 Å². The third-order valence-electron chi connectivity index (χ3n) is 2.65. The molecule has 4 amide bonds. The zero-order chi connectivity index (χ0) is 17.1. The van der Waals surface area contributed by atoms with Gasteiger partial charge >= 0.3 is 0 Å². The van der Waals surface area contributed by atoms with Crippen LogP contribution in [0.5, 0.6) is 0 Å². The van der Waals surface area contributed by atoms with Crippen molar-refractivity contribution in [3.8, 4) is 0 Å². The summed E-state index contributed by atoms with van der Waals surface area (Å²) >= 11 is 5.30. The fraction of sp³-hybridized carbons (Fsp3) is 0.667. The van der Waals surface area contributed by atoms with Crippen molar-refractivity contribution in [2.24, 2.45) is 5.73 Å². The Hall–Kier alpha value is -1.87. The smallest absolute Gasteiger partial charge is 0.242 e. The van der Waals surface area contributed by atoms with Gasteiger partial charge < -0.3 is 26.8 Å². The van der Waals surface area contributed by atoms with Gasteiger partial charge in [-0.25, -0.2) is 0 Å². The predicted octanol–water partition coefficient (Wildman–Crippen LogP) is -2.41. The summed E-state index contributed by atoms with van der Waals surface area (Å²) in [4.78, 5) is 45.6. The lowest BCUT2D eigenvalue weighted by molar-refractivity contribution is -0.130. The van der Waals surface area contributed by atoms with Gasteiger partial charge in [0, 0.05) is 13.0 Å². The molecular formula is C12H21ClN4O5. The molecule has 0 saturated heterocycles. The van der Waals surface area contributed by atoms with Crippen LogP contribution >= 0.6 is 11.6 Å². The molecule has 126 valence electrons. The average molecular weight is 337 g/mol. The first kappa shape index (κ1) is 20.1. The van der Waals surface area contributed by atoms with E-state index in [0.29, 0.717) is 0 Å². The lowest BCUT2D eigenvalue weighted by atomic mass is 10.1. The zero-order valence-electron chi connectivity index (χ0n) is 12.2. The molecule has 0 fully saturated rings. The maximum atomic E-state index is 11.8. The molecule has 0 aromatic carbocycles. The van der Waals surface area contributed by atoms with Crippen molar-refractivity contribution in [2.75, 3.05) is 19.0 Å². The Morgan fingerprint density at radius 2 is 1.82 bits per heavy atom. The second-order valence-corrected chi connectivity index (χ2v) is 4.77. The largest absolute Gasteiger partial charge is 0.395 e. The van der Waals surface area contributed by atoms with E-state index in [1.54, 1.807) is 0 Å². The second-order valence-electron chi connectivity index (χ2n) is 4.50. The number of carbonyl (C=O) groups excluding carboxylic acids is 4. The van der Waals surface area contributed by atoms with Crippen molar-refractivity contribution in [1.82, 2.24) is 16.0 Å². The quantitative estimate of drug-likeness (QED) is 0.281. The molecule has 0 saturated carbocycles. The Labute approximate surface area is 132 Å². The molecule has 6 N–H and O–H groups in total. The van der Waals surface area contributed by atoms with Gasteiger partial charge in [0.2, 0.25) is 23.6 Å². The number of primary amides is 1. The van der Waals surface area contributed by atoms with Crippen LogP contribution in [0.1, 0.15) is 19.8 Å². The molecular weight excluding hydrogens is 316 g/mol. The van der Waals surface area contributed by atoms with Crippen molar-refractivity contribution in [2.45, 2.75) is 31.8 Å². The van der Waals surface area contributed by atoms with Gasteiger partial charge in [-0.15, -0.1) is 11.6 Å². The van der Waals surface area contributed by atoms with Crippen LogP contribution < -0.4 is 21.7 Å². The van der Waals surface area contributed by atoms with Crippen LogP contribution in [0.3, 0.4) is 0 Å². The number of halogens is 1. The first-order chi connectivity index (χ1) is 10.3. The molecule has 22 heavy (non-hydrogen) atoms. The minimum atomic E-state index is -1.04. The Kier molecular flexibility index (Phi) is 9.88. The molecule has 0 radical (unpaired) electrons. The summed E-state index contributed by atoms with van der Waals surface area (Å²) in [7, 11) is 0. The minimum Gasteiger partial charge on any atom is -0.395 e. The molecule has 0 bridgehead atoms. The molecule has 0 aromatic heterocycles. The van der Waals surface area contributed by atoms with E-state index >= 15 is 0 Å². The van der Waals surface area contributed by atoms with E-state index in [2.05, 4.69) is 16.0 Å². The Morgan fingerprint density at radius 3 is 2.32 bits per heavy atom. The molecule has 2 atom stereocenters. The third-order valence-corrected chi connectivity index (χ3v) is 2.89. The number of aliphatic hydroxyl groups is 1. The highest BCUT2D eigenvalue weighted by Crippen LogP contribution is 1.98. The molecule has 0 heterocycles. The Bertz CT molecular complexity index is 418. The number of carbonyl (C=O) groups is 4. The van der Waals surface area contributed by atoms with Crippen molar-refractivity contribution < 1.29 is 24.3 Å². The topological polar surface area (TPSA) is 151 Å². The molecule has 10 heteroatoms. The summed E-state index contributed by atoms with van der Waals surface area (Å²) < 4.78 is 0. The van der Waals surface area contributed by atoms with Gasteiger partial charge in [-0.1, -0.05) is 0 Å². The van der Waals surface area contributed by atoms with E-state index in [1.807, 2.05) is 0 Å². The molecule has 9 nitrogen and oxygen atoms in total. The van der Waals surface area contributed by atoms with Gasteiger partial charge in [-0.2, -0.15) is 0 Å². The van der Waals surface area contributed by atoms with Crippen LogP contribution in [-0.4, -0.2) is 59.9 Å². The molecule has 0 spiro atoms. The second kappa shape index (κ2) is 10.8. The number of amides is 4. The molecule has 0 aliphatic carbocycles. The van der Waals surface area contributed by atoms with Crippen molar-refractivity contribution in [1.29, 1.82) is 0 Å². The van der Waals surface area contributed by atoms with E-state index in [1.165, 1.54) is 6.92 Å². The van der Waals surface area contributed by atoms with Crippen molar-refractivity contribution in [3.63, 3.8) is 0 Å². The summed E-state index contributed by atoms with van der Waals surface area (Å²) in [6.07, 6.45) is -0.0369. The summed E-state index contributed by atoms with van der Waals surface area (Å²) in [6, 6.07) is -1.93. The zero-order valence-corrected chi connectivity index (χ0v) is 13.0. The highest BCUT2D eigenvalue weighted by Gasteiger charge is 2.23. The van der Waals surface area contributed by atoms with E-state index in [4.69, 9.17) is 22.4 Å². The number of hydrogen-bond donors (Lipinski definition) is 5. The van der Waals surface area contributed by atoms with Crippen LogP contribution in [0.25, 0.3) is 0 Å². The Morgan fingerprint density at radius 1 is 1.18 bits per heavy atom. The number of nitrogens with two attached hydrogens (primary N) is 1. The van der Waals surface area contributed by atoms with Crippen LogP contribution in [-0.2, 0) is 19.2 Å². The SMILES string of the molecule is C[C@H](NC(=O)CCl)C(=O)N[C@H](CCC(=O)NCCO)C(N)=O. The number of rotatable bonds is 10. The van der Waals surface area contributed by atoms with E-state index in [9.17, 15) is 19.2 Å². The van der Waals surface area contributed by atoms with Crippen LogP contribution in [0, 0.1) is 0 Å². The van der Waals surface area contributed by atoms with E-state index < -0.39 is 29.8 Å². The number of nitrogens with one attached hydrogen (secondary N) is 3. The first-order valence-corrected chi connectivity index (χ1v) is 7.17. The standard InChI is InChI=1S/C12H21ClN4O5/c1-7(16-10(20)6-13)12(22)17-8(11(14)21)2-3-9(19)15-4-5-18/h7-8,18H,2-6H2,1H3,(H2,14,21)(H,15,19)(H,16,20)(H,17,22)/t7-,8+/m0/s1. The number of aliphatic hydroxyl groups excluding tert-OH is 1. The summed E-state index contributed by atoms with van der Waals surface area (Å²) in [6.45, 7) is 1.33. The molecule has 0 aliphatic rings. The number of alkyl halides is 1. The fourth-order valence-corrected chi connectivity index (χ4v) is 1.56. The van der Waals surface area contributed by atoms with Gasteiger partial charge in [-0.05, 0) is 13.3 Å². The van der Waals surface area contributed by atoms with Gasteiger partial charge in [-0.3, -0.25) is 19.2 Å². The number of hydrogen-bond acceptors (Lipinski definition) is 5. The van der Waals surface area contributed by atoms with Gasteiger partial charge in [0.1, 0.15) is 18.0 Å². The summed E-state index contributed by atoms with van der Waals surface area (Å²) in [5.41, 5.74) is 5.17. The third kappa shape index (κ3) is 8.42. The molecule has 0 aliphatic heterocycles. The van der Waals surface area contributed by atoms with E-state index in [-0.39, 0.29) is 37.8 Å². The predicted molar refractivity (Wildman–Crippen MR) is 78.8 cm³/mol. The van der Waals surface area contributed by atoms with Crippen molar-refractivity contribution >= 4 is 35.2 Å². The molecule has 0 unspecified atom stereocenters. The summed E-state index contributed by atoms with van der Waals surface area (Å²) in [5.74, 6) is -2.60. The van der Waals surface area contributed by atoms with Crippen LogP contribution in [0.15, 0.2) is 0 Å². The molecule has 0 rings (SSSR count). The fourth-order valence-electron chi connectivity index (χ4n) is 1.49. The maximum absolute atomic E-state index is 11.8. The highest BCUT2D eigenvalue weighted by molar-refractivity contribution is 6.27. The molecule has 0 aromatic rings. The van der Waals surface area contributed by atoms with Crippen molar-refractivity contribution in [3.05, 3.63) is 0 Å². The average Bonchev–Trinajstić information content (AvgIpc) is 2.48.